The lowest BCUT2D eigenvalue weighted by molar-refractivity contribution is -0.384. The Labute approximate surface area is 133 Å². The Morgan fingerprint density at radius 2 is 1.91 bits per heavy atom. The zero-order valence-electron chi connectivity index (χ0n) is 12.1. The van der Waals surface area contributed by atoms with Crippen molar-refractivity contribution in [3.05, 3.63) is 58.1 Å². The van der Waals surface area contributed by atoms with E-state index in [1.54, 1.807) is 12.1 Å². The van der Waals surface area contributed by atoms with Gasteiger partial charge in [-0.2, -0.15) is 0 Å². The molecule has 2 aromatic carbocycles. The van der Waals surface area contributed by atoms with Crippen molar-refractivity contribution in [3.63, 3.8) is 0 Å². The molecule has 1 aliphatic heterocycles. The Bertz CT molecular complexity index is 787. The molecular weight excluding hydrogens is 300 g/mol. The summed E-state index contributed by atoms with van der Waals surface area (Å²) in [6, 6.07) is 12.4. The summed E-state index contributed by atoms with van der Waals surface area (Å²) in [7, 11) is 0. The second-order valence-corrected chi connectivity index (χ2v) is 5.96. The van der Waals surface area contributed by atoms with Gasteiger partial charge in [0.15, 0.2) is 0 Å². The molecule has 0 unspecified atom stereocenters. The fourth-order valence-electron chi connectivity index (χ4n) is 2.55. The van der Waals surface area contributed by atoms with Crippen LogP contribution in [0.2, 0.25) is 0 Å². The maximum absolute atomic E-state index is 10.9. The third-order valence-electron chi connectivity index (χ3n) is 3.64. The van der Waals surface area contributed by atoms with Gasteiger partial charge in [-0.25, -0.2) is 0 Å². The Kier molecular flexibility index (Phi) is 3.33. The highest BCUT2D eigenvalue weighted by Gasteiger charge is 2.31. The standard InChI is InChI=1S/C16H14N2O3S/c1-16(2)13-9-11(6-7-14(13)17-15(22)21-16)10-4-3-5-12(8-10)18(19)20/h3-9H,1-2H3,(H,17,22). The molecule has 0 bridgehead atoms. The first-order chi connectivity index (χ1) is 10.4. The highest BCUT2D eigenvalue weighted by Crippen LogP contribution is 2.38. The van der Waals surface area contributed by atoms with Crippen LogP contribution in [0.25, 0.3) is 11.1 Å². The number of ether oxygens (including phenoxy) is 1. The number of nitrogens with zero attached hydrogens (tertiary/aromatic N) is 1. The molecule has 1 aliphatic rings. The topological polar surface area (TPSA) is 64.4 Å². The number of hydrogen-bond acceptors (Lipinski definition) is 4. The zero-order valence-corrected chi connectivity index (χ0v) is 12.9. The molecular formula is C16H14N2O3S. The molecule has 112 valence electrons. The first-order valence-corrected chi connectivity index (χ1v) is 7.17. The first-order valence-electron chi connectivity index (χ1n) is 6.76. The summed E-state index contributed by atoms with van der Waals surface area (Å²) in [5, 5.41) is 14.3. The van der Waals surface area contributed by atoms with Gasteiger partial charge in [0.1, 0.15) is 5.60 Å². The third kappa shape index (κ3) is 2.53. The molecule has 0 radical (unpaired) electrons. The molecule has 6 heteroatoms. The molecule has 0 aromatic heterocycles. The monoisotopic (exact) mass is 314 g/mol. The normalized spacial score (nSPS) is 15.5. The predicted octanol–water partition coefficient (Wildman–Crippen LogP) is 4.22. The lowest BCUT2D eigenvalue weighted by Crippen LogP contribution is -2.34. The number of hydrogen-bond donors (Lipinski definition) is 1. The van der Waals surface area contributed by atoms with E-state index in [1.165, 1.54) is 6.07 Å². The van der Waals surface area contributed by atoms with E-state index in [1.807, 2.05) is 38.1 Å². The summed E-state index contributed by atoms with van der Waals surface area (Å²) < 4.78 is 5.67. The van der Waals surface area contributed by atoms with Gasteiger partial charge in [0.05, 0.1) is 4.92 Å². The van der Waals surface area contributed by atoms with Crippen molar-refractivity contribution in [1.29, 1.82) is 0 Å². The molecule has 1 heterocycles. The van der Waals surface area contributed by atoms with Gasteiger partial charge in [-0.1, -0.05) is 18.2 Å². The number of non-ortho nitro benzene ring substituents is 1. The van der Waals surface area contributed by atoms with E-state index in [2.05, 4.69) is 5.32 Å². The highest BCUT2D eigenvalue weighted by molar-refractivity contribution is 7.80. The van der Waals surface area contributed by atoms with E-state index in [0.29, 0.717) is 5.17 Å². The van der Waals surface area contributed by atoms with Gasteiger partial charge in [0.2, 0.25) is 0 Å². The summed E-state index contributed by atoms with van der Waals surface area (Å²) in [5.41, 5.74) is 3.08. The van der Waals surface area contributed by atoms with Gasteiger partial charge < -0.3 is 10.1 Å². The van der Waals surface area contributed by atoms with Gasteiger partial charge in [-0.3, -0.25) is 10.1 Å². The predicted molar refractivity (Wildman–Crippen MR) is 88.9 cm³/mol. The van der Waals surface area contributed by atoms with E-state index >= 15 is 0 Å². The number of rotatable bonds is 2. The van der Waals surface area contributed by atoms with Crippen molar-refractivity contribution in [1.82, 2.24) is 0 Å². The number of anilines is 1. The maximum Gasteiger partial charge on any atom is 0.270 e. The number of fused-ring (bicyclic) bond motifs is 1. The van der Waals surface area contributed by atoms with Crippen LogP contribution in [0.3, 0.4) is 0 Å². The summed E-state index contributed by atoms with van der Waals surface area (Å²) in [6.45, 7) is 3.88. The number of nitro benzene ring substituents is 1. The molecule has 0 atom stereocenters. The second-order valence-electron chi connectivity index (χ2n) is 5.59. The molecule has 1 N–H and O–H groups in total. The smallest absolute Gasteiger partial charge is 0.270 e. The van der Waals surface area contributed by atoms with Crippen LogP contribution < -0.4 is 5.32 Å². The molecule has 2 aromatic rings. The fraction of sp³-hybridized carbons (Fsp3) is 0.188. The number of nitro groups is 1. The summed E-state index contributed by atoms with van der Waals surface area (Å²) in [5.74, 6) is 0. The van der Waals surface area contributed by atoms with Crippen LogP contribution in [0.5, 0.6) is 0 Å². The van der Waals surface area contributed by atoms with Crippen molar-refractivity contribution in [2.24, 2.45) is 0 Å². The van der Waals surface area contributed by atoms with E-state index < -0.39 is 10.5 Å². The van der Waals surface area contributed by atoms with Crippen molar-refractivity contribution in [2.45, 2.75) is 19.4 Å². The average Bonchev–Trinajstić information content (AvgIpc) is 2.46. The molecule has 0 fully saturated rings. The van der Waals surface area contributed by atoms with Gasteiger partial charge in [-0.15, -0.1) is 0 Å². The van der Waals surface area contributed by atoms with Crippen LogP contribution in [0, 0.1) is 10.1 Å². The minimum atomic E-state index is -0.547. The lowest BCUT2D eigenvalue weighted by Gasteiger charge is -2.34. The van der Waals surface area contributed by atoms with Gasteiger partial charge >= 0.3 is 0 Å². The van der Waals surface area contributed by atoms with Crippen LogP contribution in [-0.2, 0) is 10.3 Å². The average molecular weight is 314 g/mol. The summed E-state index contributed by atoms with van der Waals surface area (Å²) in [4.78, 5) is 10.5. The molecule has 0 saturated heterocycles. The third-order valence-corrected chi connectivity index (χ3v) is 3.83. The molecule has 0 aliphatic carbocycles. The maximum atomic E-state index is 10.9. The van der Waals surface area contributed by atoms with Crippen LogP contribution >= 0.6 is 12.2 Å². The number of benzene rings is 2. The molecule has 22 heavy (non-hydrogen) atoms. The summed E-state index contributed by atoms with van der Waals surface area (Å²) in [6.07, 6.45) is 0. The SMILES string of the molecule is CC1(C)OC(=S)Nc2ccc(-c3cccc([N+](=O)[O-])c3)cc21. The molecule has 0 spiro atoms. The van der Waals surface area contributed by atoms with Crippen molar-refractivity contribution >= 4 is 28.8 Å². The Hall–Kier alpha value is -2.47. The quantitative estimate of drug-likeness (QED) is 0.510. The Morgan fingerprint density at radius 1 is 1.18 bits per heavy atom. The van der Waals surface area contributed by atoms with Crippen LogP contribution in [-0.4, -0.2) is 10.1 Å². The fourth-order valence-corrected chi connectivity index (χ4v) is 2.87. The molecule has 5 nitrogen and oxygen atoms in total. The first kappa shape index (κ1) is 14.5. The minimum absolute atomic E-state index is 0.0741. The Morgan fingerprint density at radius 3 is 2.64 bits per heavy atom. The van der Waals surface area contributed by atoms with Crippen molar-refractivity contribution in [2.75, 3.05) is 5.32 Å². The van der Waals surface area contributed by atoms with Crippen molar-refractivity contribution < 1.29 is 9.66 Å². The van der Waals surface area contributed by atoms with Crippen molar-refractivity contribution in [3.8, 4) is 11.1 Å². The number of nitrogens with one attached hydrogen (secondary N) is 1. The lowest BCUT2D eigenvalue weighted by atomic mass is 9.91. The minimum Gasteiger partial charge on any atom is -0.460 e. The van der Waals surface area contributed by atoms with E-state index in [-0.39, 0.29) is 5.69 Å². The largest absolute Gasteiger partial charge is 0.460 e. The van der Waals surface area contributed by atoms with Crippen LogP contribution in [0.4, 0.5) is 11.4 Å². The Balaban J connectivity index is 2.09. The van der Waals surface area contributed by atoms with E-state index in [4.69, 9.17) is 17.0 Å². The van der Waals surface area contributed by atoms with E-state index in [9.17, 15) is 10.1 Å². The summed E-state index contributed by atoms with van der Waals surface area (Å²) >= 11 is 5.09. The molecule has 3 rings (SSSR count). The van der Waals surface area contributed by atoms with Crippen LogP contribution in [0.1, 0.15) is 19.4 Å². The highest BCUT2D eigenvalue weighted by atomic mass is 32.1. The molecule has 0 amide bonds. The van der Waals surface area contributed by atoms with Crippen LogP contribution in [0.15, 0.2) is 42.5 Å². The van der Waals surface area contributed by atoms with E-state index in [0.717, 1.165) is 22.4 Å². The molecule has 0 saturated carbocycles. The van der Waals surface area contributed by atoms with Gasteiger partial charge in [0, 0.05) is 23.4 Å². The second kappa shape index (κ2) is 5.06. The zero-order chi connectivity index (χ0) is 15.9. The van der Waals surface area contributed by atoms with Gasteiger partial charge in [-0.05, 0) is 49.3 Å². The number of thiocarbonyl (C=S) groups is 1. The van der Waals surface area contributed by atoms with Gasteiger partial charge in [0.25, 0.3) is 10.9 Å².